The van der Waals surface area contributed by atoms with Gasteiger partial charge in [-0.25, -0.2) is 31.9 Å². The molecule has 0 spiro atoms. The maximum atomic E-state index is 13.1. The molecular weight excluding hydrogens is 557 g/mol. The van der Waals surface area contributed by atoms with Gasteiger partial charge >= 0.3 is 12.1 Å². The van der Waals surface area contributed by atoms with Gasteiger partial charge in [-0.2, -0.15) is 18.3 Å². The number of hydrogen-bond donors (Lipinski definition) is 3. The lowest BCUT2D eigenvalue weighted by Gasteiger charge is -2.18. The molecule has 0 amide bonds. The molecule has 14 nitrogen and oxygen atoms in total. The number of nitrogens with zero attached hydrogens (tertiary/aromatic N) is 5. The SMILES string of the molecule is Cn1ncc2cc(-c3ccc(S(=O)(=O)CC(N)OC(=O)C(F)(F)F)c(S(N)(=O)=O)c3-c3nnn[nH]3)ccc21. The highest BCUT2D eigenvalue weighted by Gasteiger charge is 2.43. The summed E-state index contributed by atoms with van der Waals surface area (Å²) in [4.78, 5) is 9.19. The normalized spacial score (nSPS) is 13.5. The Bertz CT molecular complexity index is 1750. The molecule has 2 aromatic heterocycles. The number of H-pyrrole nitrogens is 1. The van der Waals surface area contributed by atoms with E-state index in [1.165, 1.54) is 6.07 Å². The summed E-state index contributed by atoms with van der Waals surface area (Å²) in [6.45, 7) is 0. The molecular formula is C19H17F3N8O6S2. The zero-order valence-electron chi connectivity index (χ0n) is 19.0. The molecule has 0 saturated heterocycles. The first kappa shape index (κ1) is 27.1. The van der Waals surface area contributed by atoms with Crippen molar-refractivity contribution in [2.75, 3.05) is 5.75 Å². The number of benzene rings is 2. The van der Waals surface area contributed by atoms with Gasteiger partial charge in [0.1, 0.15) is 10.6 Å². The number of halogens is 3. The van der Waals surface area contributed by atoms with Crippen LogP contribution in [0.5, 0.6) is 0 Å². The van der Waals surface area contributed by atoms with Crippen molar-refractivity contribution in [2.45, 2.75) is 22.2 Å². The third-order valence-corrected chi connectivity index (χ3v) is 8.15. The van der Waals surface area contributed by atoms with Crippen LogP contribution in [-0.4, -0.2) is 71.4 Å². The molecule has 1 atom stereocenters. The number of fused-ring (bicyclic) bond motifs is 1. The first-order chi connectivity index (χ1) is 17.6. The molecule has 0 radical (unpaired) electrons. The Morgan fingerprint density at radius 3 is 2.50 bits per heavy atom. The standard InChI is InChI=1S/C19H17F3N8O6S2/c1-30-12-4-2-9(6-10(12)7-25-30)11-3-5-13(16(38(24,34)35)15(11)17-26-28-29-27-17)37(32,33)8-14(23)36-18(31)19(20,21)22/h2-7,14H,8,23H2,1H3,(H2,24,34,35)(H,26,27,28,29). The number of hydrogen-bond acceptors (Lipinski definition) is 11. The fourth-order valence-electron chi connectivity index (χ4n) is 3.71. The van der Waals surface area contributed by atoms with Gasteiger partial charge < -0.3 is 4.74 Å². The Kier molecular flexibility index (Phi) is 6.72. The van der Waals surface area contributed by atoms with Crippen LogP contribution in [0.4, 0.5) is 13.2 Å². The summed E-state index contributed by atoms with van der Waals surface area (Å²) in [6.07, 6.45) is -6.17. The number of alkyl halides is 3. The lowest BCUT2D eigenvalue weighted by atomic mass is 9.98. The Morgan fingerprint density at radius 1 is 1.18 bits per heavy atom. The second kappa shape index (κ2) is 9.42. The molecule has 202 valence electrons. The van der Waals surface area contributed by atoms with Crippen molar-refractivity contribution >= 4 is 36.7 Å². The summed E-state index contributed by atoms with van der Waals surface area (Å²) in [5.74, 6) is -4.39. The maximum absolute atomic E-state index is 13.1. The second-order valence-corrected chi connectivity index (χ2v) is 11.4. The van der Waals surface area contributed by atoms with Gasteiger partial charge in [0, 0.05) is 18.0 Å². The molecule has 38 heavy (non-hydrogen) atoms. The maximum Gasteiger partial charge on any atom is 0.490 e. The number of tetrazole rings is 1. The highest BCUT2D eigenvalue weighted by atomic mass is 32.2. The average Bonchev–Trinajstić information content (AvgIpc) is 3.46. The number of ether oxygens (including phenoxy) is 1. The zero-order valence-corrected chi connectivity index (χ0v) is 20.7. The van der Waals surface area contributed by atoms with Gasteiger partial charge in [-0.1, -0.05) is 12.1 Å². The van der Waals surface area contributed by atoms with E-state index in [4.69, 9.17) is 10.9 Å². The van der Waals surface area contributed by atoms with Crippen LogP contribution in [0.1, 0.15) is 0 Å². The molecule has 0 bridgehead atoms. The fraction of sp³-hybridized carbons (Fsp3) is 0.211. The number of rotatable bonds is 7. The van der Waals surface area contributed by atoms with E-state index >= 15 is 0 Å². The third-order valence-electron chi connectivity index (χ3n) is 5.25. The van der Waals surface area contributed by atoms with E-state index in [9.17, 15) is 34.8 Å². The Morgan fingerprint density at radius 2 is 1.89 bits per heavy atom. The van der Waals surface area contributed by atoms with Gasteiger partial charge in [-0.05, 0) is 39.8 Å². The lowest BCUT2D eigenvalue weighted by molar-refractivity contribution is -0.203. The minimum absolute atomic E-state index is 0.144. The smallest absolute Gasteiger partial charge is 0.439 e. The number of aromatic amines is 1. The predicted octanol–water partition coefficient (Wildman–Crippen LogP) is 0.232. The van der Waals surface area contributed by atoms with Crippen LogP contribution in [0.15, 0.2) is 46.3 Å². The number of aryl methyl sites for hydroxylation is 1. The quantitative estimate of drug-likeness (QED) is 0.200. The monoisotopic (exact) mass is 574 g/mol. The average molecular weight is 575 g/mol. The molecule has 4 aromatic rings. The lowest BCUT2D eigenvalue weighted by Crippen LogP contribution is -2.39. The third kappa shape index (κ3) is 5.21. The molecule has 1 unspecified atom stereocenters. The predicted molar refractivity (Wildman–Crippen MR) is 123 cm³/mol. The van der Waals surface area contributed by atoms with Crippen LogP contribution in [0.25, 0.3) is 33.4 Å². The first-order valence-corrected chi connectivity index (χ1v) is 13.4. The Hall–Kier alpha value is -3.94. The van der Waals surface area contributed by atoms with Gasteiger partial charge in [0.25, 0.3) is 0 Å². The molecule has 19 heteroatoms. The van der Waals surface area contributed by atoms with E-state index < -0.39 is 53.8 Å². The van der Waals surface area contributed by atoms with Crippen LogP contribution in [0, 0.1) is 0 Å². The number of aromatic nitrogens is 6. The van der Waals surface area contributed by atoms with Crippen LogP contribution in [0.3, 0.4) is 0 Å². The Balaban J connectivity index is 1.92. The minimum Gasteiger partial charge on any atom is -0.439 e. The topological polar surface area (TPSA) is 219 Å². The van der Waals surface area contributed by atoms with Crippen molar-refractivity contribution in [3.05, 3.63) is 36.5 Å². The molecule has 2 heterocycles. The fourth-order valence-corrected chi connectivity index (χ4v) is 6.62. The highest BCUT2D eigenvalue weighted by Crippen LogP contribution is 2.39. The van der Waals surface area contributed by atoms with Gasteiger partial charge in [-0.15, -0.1) is 5.10 Å². The first-order valence-electron chi connectivity index (χ1n) is 10.2. The molecule has 0 aliphatic rings. The summed E-state index contributed by atoms with van der Waals surface area (Å²) in [5, 5.41) is 23.1. The second-order valence-electron chi connectivity index (χ2n) is 7.87. The molecule has 0 aliphatic heterocycles. The van der Waals surface area contributed by atoms with Gasteiger partial charge in [-0.3, -0.25) is 10.4 Å². The number of nitrogens with two attached hydrogens (primary N) is 2. The molecule has 2 aromatic carbocycles. The van der Waals surface area contributed by atoms with Gasteiger partial charge in [0.05, 0.1) is 16.6 Å². The number of sulfonamides is 1. The summed E-state index contributed by atoms with van der Waals surface area (Å²) >= 11 is 0. The summed E-state index contributed by atoms with van der Waals surface area (Å²) in [6, 6.07) is 7.09. The van der Waals surface area contributed by atoms with Crippen LogP contribution in [0.2, 0.25) is 0 Å². The zero-order chi connectivity index (χ0) is 28.0. The van der Waals surface area contributed by atoms with Crippen molar-refractivity contribution in [1.82, 2.24) is 30.4 Å². The molecule has 4 rings (SSSR count). The summed E-state index contributed by atoms with van der Waals surface area (Å²) in [5.41, 5.74) is 6.27. The number of nitrogens with one attached hydrogen (secondary N) is 1. The number of esters is 1. The van der Waals surface area contributed by atoms with Crippen molar-refractivity contribution in [2.24, 2.45) is 17.9 Å². The van der Waals surface area contributed by atoms with E-state index in [0.29, 0.717) is 10.9 Å². The van der Waals surface area contributed by atoms with E-state index in [1.54, 1.807) is 36.1 Å². The van der Waals surface area contributed by atoms with E-state index in [1.807, 2.05) is 0 Å². The summed E-state index contributed by atoms with van der Waals surface area (Å²) in [7, 11) is -7.99. The number of primary sulfonamides is 1. The molecule has 0 saturated carbocycles. The number of carbonyl (C=O) groups excluding carboxylic acids is 1. The van der Waals surface area contributed by atoms with E-state index in [0.717, 1.165) is 11.6 Å². The summed E-state index contributed by atoms with van der Waals surface area (Å²) < 4.78 is 94.8. The minimum atomic E-state index is -5.43. The van der Waals surface area contributed by atoms with Gasteiger partial charge in [0.15, 0.2) is 21.9 Å². The molecule has 5 N–H and O–H groups in total. The van der Waals surface area contributed by atoms with Crippen LogP contribution < -0.4 is 10.9 Å². The highest BCUT2D eigenvalue weighted by molar-refractivity contribution is 7.93. The van der Waals surface area contributed by atoms with Crippen LogP contribution >= 0.6 is 0 Å². The van der Waals surface area contributed by atoms with E-state index in [-0.39, 0.29) is 17.0 Å². The molecule has 0 fully saturated rings. The number of sulfone groups is 1. The van der Waals surface area contributed by atoms with Crippen molar-refractivity contribution in [1.29, 1.82) is 0 Å². The molecule has 0 aliphatic carbocycles. The van der Waals surface area contributed by atoms with Gasteiger partial charge in [0.2, 0.25) is 10.0 Å². The Labute approximate surface area is 211 Å². The van der Waals surface area contributed by atoms with E-state index in [2.05, 4.69) is 30.5 Å². The van der Waals surface area contributed by atoms with Crippen molar-refractivity contribution in [3.63, 3.8) is 0 Å². The van der Waals surface area contributed by atoms with Crippen molar-refractivity contribution in [3.8, 4) is 22.5 Å². The largest absolute Gasteiger partial charge is 0.490 e. The van der Waals surface area contributed by atoms with Crippen LogP contribution in [-0.2, 0) is 36.4 Å². The van der Waals surface area contributed by atoms with Crippen molar-refractivity contribution < 1.29 is 39.5 Å². The number of carbonyl (C=O) groups is 1.